The van der Waals surface area contributed by atoms with E-state index in [1.807, 2.05) is 30.3 Å². The fraction of sp³-hybridized carbons (Fsp3) is 0.231. The van der Waals surface area contributed by atoms with Crippen molar-refractivity contribution in [2.24, 2.45) is 0 Å². The third kappa shape index (κ3) is 3.28. The Morgan fingerprint density at radius 1 is 1.32 bits per heavy atom. The number of rotatable bonds is 4. The van der Waals surface area contributed by atoms with E-state index in [4.69, 9.17) is 23.2 Å². The van der Waals surface area contributed by atoms with Gasteiger partial charge in [0.1, 0.15) is 11.6 Å². The van der Waals surface area contributed by atoms with Crippen molar-refractivity contribution in [3.8, 4) is 0 Å². The van der Waals surface area contributed by atoms with Gasteiger partial charge in [0.2, 0.25) is 0 Å². The lowest BCUT2D eigenvalue weighted by atomic mass is 10.2. The van der Waals surface area contributed by atoms with Gasteiger partial charge in [-0.05, 0) is 17.7 Å². The molecule has 0 radical (unpaired) electrons. The Bertz CT molecular complexity index is 560. The number of nitrogens with zero attached hydrogens (tertiary/aromatic N) is 3. The van der Waals surface area contributed by atoms with Crippen LogP contribution < -0.4 is 10.2 Å². The minimum absolute atomic E-state index is 0.506. The maximum atomic E-state index is 6.19. The van der Waals surface area contributed by atoms with Crippen molar-refractivity contribution < 1.29 is 0 Å². The fourth-order valence-electron chi connectivity index (χ4n) is 1.74. The van der Waals surface area contributed by atoms with Crippen molar-refractivity contribution in [3.63, 3.8) is 0 Å². The van der Waals surface area contributed by atoms with E-state index in [1.165, 1.54) is 0 Å². The molecule has 0 aliphatic carbocycles. The van der Waals surface area contributed by atoms with Gasteiger partial charge in [-0.15, -0.1) is 0 Å². The van der Waals surface area contributed by atoms with Crippen LogP contribution in [0.1, 0.15) is 5.56 Å². The Balaban J connectivity index is 2.26. The van der Waals surface area contributed by atoms with E-state index in [9.17, 15) is 0 Å². The lowest BCUT2D eigenvalue weighted by Gasteiger charge is -2.20. The summed E-state index contributed by atoms with van der Waals surface area (Å²) in [6.07, 6.45) is 3.56. The number of anilines is 2. The van der Waals surface area contributed by atoms with Crippen LogP contribution in [0.4, 0.5) is 11.6 Å². The van der Waals surface area contributed by atoms with E-state index in [1.54, 1.807) is 19.3 Å². The maximum Gasteiger partial charge on any atom is 0.149 e. The van der Waals surface area contributed by atoms with Crippen LogP contribution in [0.3, 0.4) is 0 Å². The summed E-state index contributed by atoms with van der Waals surface area (Å²) in [6, 6.07) is 5.60. The molecule has 4 nitrogen and oxygen atoms in total. The van der Waals surface area contributed by atoms with Gasteiger partial charge in [0.15, 0.2) is 0 Å². The Hall–Kier alpha value is -1.52. The highest BCUT2D eigenvalue weighted by Crippen LogP contribution is 2.31. The highest BCUT2D eigenvalue weighted by molar-refractivity contribution is 6.37. The van der Waals surface area contributed by atoms with E-state index in [0.29, 0.717) is 28.2 Å². The van der Waals surface area contributed by atoms with Crippen LogP contribution in [0.2, 0.25) is 10.0 Å². The van der Waals surface area contributed by atoms with Crippen molar-refractivity contribution in [3.05, 3.63) is 46.2 Å². The lowest BCUT2D eigenvalue weighted by Crippen LogP contribution is -2.18. The zero-order valence-electron chi connectivity index (χ0n) is 10.7. The van der Waals surface area contributed by atoms with Gasteiger partial charge in [-0.2, -0.15) is 0 Å². The predicted molar refractivity (Wildman–Crippen MR) is 80.1 cm³/mol. The molecule has 100 valence electrons. The maximum absolute atomic E-state index is 6.19. The average molecular weight is 297 g/mol. The molecule has 0 aliphatic heterocycles. The number of nitrogens with one attached hydrogen (secondary N) is 1. The molecule has 6 heteroatoms. The van der Waals surface area contributed by atoms with Crippen molar-refractivity contribution in [1.82, 2.24) is 9.97 Å². The van der Waals surface area contributed by atoms with Crippen molar-refractivity contribution >= 4 is 34.8 Å². The topological polar surface area (TPSA) is 41.1 Å². The first-order chi connectivity index (χ1) is 9.11. The summed E-state index contributed by atoms with van der Waals surface area (Å²) in [5.41, 5.74) is 1.09. The van der Waals surface area contributed by atoms with Gasteiger partial charge in [-0.3, -0.25) is 4.98 Å². The SMILES string of the molecule is CNc1nc(N(C)Cc2cccnc2)c(Cl)cc1Cl. The van der Waals surface area contributed by atoms with Crippen LogP contribution in [0.5, 0.6) is 0 Å². The summed E-state index contributed by atoms with van der Waals surface area (Å²) in [7, 11) is 3.70. The number of pyridine rings is 2. The van der Waals surface area contributed by atoms with Crippen LogP contribution in [0.25, 0.3) is 0 Å². The molecular formula is C13H14Cl2N4. The molecule has 19 heavy (non-hydrogen) atoms. The molecule has 2 aromatic heterocycles. The molecule has 0 bridgehead atoms. The van der Waals surface area contributed by atoms with Crippen molar-refractivity contribution in [2.75, 3.05) is 24.3 Å². The van der Waals surface area contributed by atoms with Gasteiger partial charge in [-0.25, -0.2) is 4.98 Å². The number of aromatic nitrogens is 2. The second-order valence-electron chi connectivity index (χ2n) is 4.09. The Labute approximate surface area is 122 Å². The van der Waals surface area contributed by atoms with E-state index in [2.05, 4.69) is 15.3 Å². The van der Waals surface area contributed by atoms with Crippen LogP contribution in [0.15, 0.2) is 30.6 Å². The second-order valence-corrected chi connectivity index (χ2v) is 4.91. The van der Waals surface area contributed by atoms with E-state index in [-0.39, 0.29) is 0 Å². The first-order valence-electron chi connectivity index (χ1n) is 5.75. The molecule has 1 N–H and O–H groups in total. The third-order valence-corrected chi connectivity index (χ3v) is 3.22. The van der Waals surface area contributed by atoms with Gasteiger partial charge in [0, 0.05) is 33.0 Å². The van der Waals surface area contributed by atoms with E-state index < -0.39 is 0 Å². The van der Waals surface area contributed by atoms with Gasteiger partial charge in [0.05, 0.1) is 10.0 Å². The molecule has 0 spiro atoms. The molecule has 0 saturated carbocycles. The molecule has 0 fully saturated rings. The fourth-order valence-corrected chi connectivity index (χ4v) is 2.34. The molecule has 0 amide bonds. The van der Waals surface area contributed by atoms with Gasteiger partial charge in [0.25, 0.3) is 0 Å². The standard InChI is InChI=1S/C13H14Cl2N4/c1-16-12-10(14)6-11(15)13(18-12)19(2)8-9-4-3-5-17-7-9/h3-7H,8H2,1-2H3,(H,16,18). The number of hydrogen-bond donors (Lipinski definition) is 1. The molecule has 0 saturated heterocycles. The smallest absolute Gasteiger partial charge is 0.149 e. The molecule has 0 aliphatic rings. The van der Waals surface area contributed by atoms with Crippen LogP contribution in [-0.2, 0) is 6.54 Å². The van der Waals surface area contributed by atoms with Crippen LogP contribution >= 0.6 is 23.2 Å². The second kappa shape index (κ2) is 6.08. The predicted octanol–water partition coefficient (Wildman–Crippen LogP) is 3.46. The minimum Gasteiger partial charge on any atom is -0.372 e. The van der Waals surface area contributed by atoms with E-state index >= 15 is 0 Å². The highest BCUT2D eigenvalue weighted by atomic mass is 35.5. The van der Waals surface area contributed by atoms with Crippen molar-refractivity contribution in [1.29, 1.82) is 0 Å². The summed E-state index contributed by atoms with van der Waals surface area (Å²) in [6.45, 7) is 0.672. The minimum atomic E-state index is 0.506. The first-order valence-corrected chi connectivity index (χ1v) is 6.51. The van der Waals surface area contributed by atoms with Crippen molar-refractivity contribution in [2.45, 2.75) is 6.54 Å². The lowest BCUT2D eigenvalue weighted by molar-refractivity contribution is 0.892. The van der Waals surface area contributed by atoms with Crippen LogP contribution in [-0.4, -0.2) is 24.1 Å². The van der Waals surface area contributed by atoms with Crippen LogP contribution in [0, 0.1) is 0 Å². The van der Waals surface area contributed by atoms with Gasteiger partial charge in [-0.1, -0.05) is 29.3 Å². The average Bonchev–Trinajstić information content (AvgIpc) is 2.40. The molecular weight excluding hydrogens is 283 g/mol. The first kappa shape index (κ1) is 13.9. The third-order valence-electron chi connectivity index (χ3n) is 2.65. The van der Waals surface area contributed by atoms with Gasteiger partial charge < -0.3 is 10.2 Å². The molecule has 0 atom stereocenters. The summed E-state index contributed by atoms with van der Waals surface area (Å²) in [4.78, 5) is 10.5. The van der Waals surface area contributed by atoms with Gasteiger partial charge >= 0.3 is 0 Å². The quantitative estimate of drug-likeness (QED) is 0.938. The monoisotopic (exact) mass is 296 g/mol. The number of halogens is 2. The normalized spacial score (nSPS) is 10.3. The molecule has 2 heterocycles. The Morgan fingerprint density at radius 3 is 2.74 bits per heavy atom. The molecule has 0 unspecified atom stereocenters. The molecule has 2 aromatic rings. The zero-order valence-corrected chi connectivity index (χ0v) is 12.2. The molecule has 2 rings (SSSR count). The Kier molecular flexibility index (Phi) is 4.45. The Morgan fingerprint density at radius 2 is 2.11 bits per heavy atom. The number of hydrogen-bond acceptors (Lipinski definition) is 4. The zero-order chi connectivity index (χ0) is 13.8. The summed E-state index contributed by atoms with van der Waals surface area (Å²) in [5, 5.41) is 3.97. The van der Waals surface area contributed by atoms with E-state index in [0.717, 1.165) is 5.56 Å². The summed E-state index contributed by atoms with van der Waals surface area (Å²) < 4.78 is 0. The summed E-state index contributed by atoms with van der Waals surface area (Å²) >= 11 is 12.2. The highest BCUT2D eigenvalue weighted by Gasteiger charge is 2.12. The largest absolute Gasteiger partial charge is 0.372 e. The molecule has 0 aromatic carbocycles. The summed E-state index contributed by atoms with van der Waals surface area (Å²) in [5.74, 6) is 1.29.